The Bertz CT molecular complexity index is 868. The van der Waals surface area contributed by atoms with E-state index in [0.29, 0.717) is 30.3 Å². The van der Waals surface area contributed by atoms with Crippen molar-refractivity contribution < 1.29 is 14.3 Å². The molecular formula is C21H21BrN2O3. The molecule has 27 heavy (non-hydrogen) atoms. The zero-order valence-corrected chi connectivity index (χ0v) is 17.1. The first-order chi connectivity index (χ1) is 12.9. The summed E-state index contributed by atoms with van der Waals surface area (Å²) in [6, 6.07) is 15.2. The number of hydrogen-bond donors (Lipinski definition) is 0. The van der Waals surface area contributed by atoms with Crippen LogP contribution >= 0.6 is 15.9 Å². The van der Waals surface area contributed by atoms with Gasteiger partial charge in [0, 0.05) is 18.6 Å². The lowest BCUT2D eigenvalue weighted by molar-refractivity contribution is -0.124. The minimum Gasteiger partial charge on any atom is -0.490 e. The number of likely N-dealkylation sites (N-methyl/N-ethyl adjacent to an activating group) is 1. The molecule has 0 unspecified atom stereocenters. The second kappa shape index (κ2) is 9.79. The lowest BCUT2D eigenvalue weighted by Crippen LogP contribution is -2.22. The fraction of sp³-hybridized carbons (Fsp3) is 0.238. The lowest BCUT2D eigenvalue weighted by Gasteiger charge is -2.13. The van der Waals surface area contributed by atoms with Crippen LogP contribution in [-0.4, -0.2) is 31.5 Å². The standard InChI is InChI=1S/C21H21BrN2O3/c1-4-26-20-12-16(11-17(13-23)21(25)24(2)3)7-10-19(20)27-14-15-5-8-18(22)9-6-15/h5-12H,4,14H2,1-3H3/b17-11-. The smallest absolute Gasteiger partial charge is 0.264 e. The Morgan fingerprint density at radius 2 is 1.85 bits per heavy atom. The van der Waals surface area contributed by atoms with Crippen LogP contribution in [0.5, 0.6) is 11.5 Å². The number of hydrogen-bond acceptors (Lipinski definition) is 4. The van der Waals surface area contributed by atoms with Crippen LogP contribution in [0.15, 0.2) is 52.5 Å². The van der Waals surface area contributed by atoms with Crippen LogP contribution < -0.4 is 9.47 Å². The number of carbonyl (C=O) groups excluding carboxylic acids is 1. The highest BCUT2D eigenvalue weighted by atomic mass is 79.9. The molecule has 0 radical (unpaired) electrons. The molecule has 0 aliphatic heterocycles. The molecule has 2 aromatic rings. The Morgan fingerprint density at radius 3 is 2.44 bits per heavy atom. The highest BCUT2D eigenvalue weighted by molar-refractivity contribution is 9.10. The first-order valence-corrected chi connectivity index (χ1v) is 9.21. The van der Waals surface area contributed by atoms with Crippen LogP contribution in [0.3, 0.4) is 0 Å². The van der Waals surface area contributed by atoms with Crippen LogP contribution in [0.1, 0.15) is 18.1 Å². The van der Waals surface area contributed by atoms with E-state index >= 15 is 0 Å². The summed E-state index contributed by atoms with van der Waals surface area (Å²) in [6.07, 6.45) is 1.54. The third-order valence-corrected chi connectivity index (χ3v) is 4.17. The van der Waals surface area contributed by atoms with E-state index in [1.165, 1.54) is 4.90 Å². The molecule has 2 aromatic carbocycles. The van der Waals surface area contributed by atoms with Crippen molar-refractivity contribution in [3.8, 4) is 17.6 Å². The van der Waals surface area contributed by atoms with Gasteiger partial charge in [-0.1, -0.05) is 34.1 Å². The molecule has 0 spiro atoms. The van der Waals surface area contributed by atoms with E-state index in [2.05, 4.69) is 15.9 Å². The molecule has 5 nitrogen and oxygen atoms in total. The van der Waals surface area contributed by atoms with Gasteiger partial charge in [0.15, 0.2) is 11.5 Å². The minimum atomic E-state index is -0.342. The summed E-state index contributed by atoms with van der Waals surface area (Å²) in [5, 5.41) is 9.24. The van der Waals surface area contributed by atoms with E-state index in [1.54, 1.807) is 38.4 Å². The van der Waals surface area contributed by atoms with Gasteiger partial charge in [-0.15, -0.1) is 0 Å². The number of nitrogens with zero attached hydrogens (tertiary/aromatic N) is 2. The summed E-state index contributed by atoms with van der Waals surface area (Å²) >= 11 is 3.41. The highest BCUT2D eigenvalue weighted by Crippen LogP contribution is 2.30. The number of nitriles is 1. The first-order valence-electron chi connectivity index (χ1n) is 8.42. The number of rotatable bonds is 7. The maximum Gasteiger partial charge on any atom is 0.264 e. The Morgan fingerprint density at radius 1 is 1.15 bits per heavy atom. The number of ether oxygens (including phenoxy) is 2. The van der Waals surface area contributed by atoms with Crippen molar-refractivity contribution in [1.82, 2.24) is 4.90 Å². The van der Waals surface area contributed by atoms with Crippen LogP contribution in [0.4, 0.5) is 0 Å². The summed E-state index contributed by atoms with van der Waals surface area (Å²) < 4.78 is 12.6. The summed E-state index contributed by atoms with van der Waals surface area (Å²) in [4.78, 5) is 13.4. The second-order valence-corrected chi connectivity index (χ2v) is 6.84. The Kier molecular flexibility index (Phi) is 7.44. The first kappa shape index (κ1) is 20.5. The van der Waals surface area contributed by atoms with Gasteiger partial charge in [-0.2, -0.15) is 5.26 Å². The van der Waals surface area contributed by atoms with Crippen molar-refractivity contribution in [2.75, 3.05) is 20.7 Å². The molecule has 0 N–H and O–H groups in total. The predicted octanol–water partition coefficient (Wildman–Crippen LogP) is 4.42. The van der Waals surface area contributed by atoms with E-state index in [-0.39, 0.29) is 11.5 Å². The normalized spacial score (nSPS) is 10.9. The molecule has 0 saturated carbocycles. The van der Waals surface area contributed by atoms with E-state index in [0.717, 1.165) is 10.0 Å². The largest absolute Gasteiger partial charge is 0.490 e. The maximum absolute atomic E-state index is 12.0. The maximum atomic E-state index is 12.0. The molecule has 0 aromatic heterocycles. The summed E-state index contributed by atoms with van der Waals surface area (Å²) in [7, 11) is 3.22. The van der Waals surface area contributed by atoms with Crippen LogP contribution in [0.25, 0.3) is 6.08 Å². The topological polar surface area (TPSA) is 62.6 Å². The zero-order valence-electron chi connectivity index (χ0n) is 15.5. The van der Waals surface area contributed by atoms with Crippen molar-refractivity contribution in [1.29, 1.82) is 5.26 Å². The third-order valence-electron chi connectivity index (χ3n) is 3.64. The molecule has 0 aliphatic rings. The number of benzene rings is 2. The van der Waals surface area contributed by atoms with Gasteiger partial charge < -0.3 is 14.4 Å². The predicted molar refractivity (Wildman–Crippen MR) is 108 cm³/mol. The average Bonchev–Trinajstić information content (AvgIpc) is 2.66. The number of halogens is 1. The van der Waals surface area contributed by atoms with Crippen molar-refractivity contribution in [2.45, 2.75) is 13.5 Å². The molecule has 0 aliphatic carbocycles. The van der Waals surface area contributed by atoms with E-state index in [4.69, 9.17) is 9.47 Å². The van der Waals surface area contributed by atoms with E-state index in [1.807, 2.05) is 37.3 Å². The molecule has 1 amide bonds. The summed E-state index contributed by atoms with van der Waals surface area (Å²) in [6.45, 7) is 2.77. The van der Waals surface area contributed by atoms with E-state index in [9.17, 15) is 10.1 Å². The fourth-order valence-corrected chi connectivity index (χ4v) is 2.56. The van der Waals surface area contributed by atoms with Crippen LogP contribution in [0, 0.1) is 11.3 Å². The fourth-order valence-electron chi connectivity index (χ4n) is 2.29. The molecule has 0 saturated heterocycles. The molecule has 0 heterocycles. The molecule has 2 rings (SSSR count). The van der Waals surface area contributed by atoms with Crippen molar-refractivity contribution >= 4 is 27.9 Å². The van der Waals surface area contributed by atoms with Gasteiger partial charge in [-0.25, -0.2) is 0 Å². The van der Waals surface area contributed by atoms with E-state index < -0.39 is 0 Å². The van der Waals surface area contributed by atoms with Gasteiger partial charge in [0.2, 0.25) is 0 Å². The highest BCUT2D eigenvalue weighted by Gasteiger charge is 2.12. The van der Waals surface area contributed by atoms with Gasteiger partial charge in [0.05, 0.1) is 6.61 Å². The van der Waals surface area contributed by atoms with Crippen LogP contribution in [0.2, 0.25) is 0 Å². The summed E-state index contributed by atoms with van der Waals surface area (Å²) in [5.74, 6) is 0.832. The van der Waals surface area contributed by atoms with Crippen LogP contribution in [-0.2, 0) is 11.4 Å². The Balaban J connectivity index is 2.23. The SMILES string of the molecule is CCOc1cc(/C=C(/C#N)C(=O)N(C)C)ccc1OCc1ccc(Br)cc1. The zero-order chi connectivity index (χ0) is 19.8. The monoisotopic (exact) mass is 428 g/mol. The number of amides is 1. The second-order valence-electron chi connectivity index (χ2n) is 5.92. The van der Waals surface area contributed by atoms with Crippen molar-refractivity contribution in [3.63, 3.8) is 0 Å². The minimum absolute atomic E-state index is 0.0611. The van der Waals surface area contributed by atoms with Crippen molar-refractivity contribution in [3.05, 3.63) is 63.6 Å². The molecule has 0 bridgehead atoms. The van der Waals surface area contributed by atoms with Gasteiger partial charge in [0.1, 0.15) is 18.2 Å². The summed E-state index contributed by atoms with van der Waals surface area (Å²) in [5.41, 5.74) is 1.79. The van der Waals surface area contributed by atoms with Gasteiger partial charge in [0.25, 0.3) is 5.91 Å². The lowest BCUT2D eigenvalue weighted by atomic mass is 10.1. The molecule has 0 fully saturated rings. The number of carbonyl (C=O) groups is 1. The quantitative estimate of drug-likeness (QED) is 0.483. The van der Waals surface area contributed by atoms with Crippen molar-refractivity contribution in [2.24, 2.45) is 0 Å². The van der Waals surface area contributed by atoms with Gasteiger partial charge >= 0.3 is 0 Å². The Labute approximate surface area is 167 Å². The van der Waals surface area contributed by atoms with Gasteiger partial charge in [-0.05, 0) is 48.4 Å². The van der Waals surface area contributed by atoms with Gasteiger partial charge in [-0.3, -0.25) is 4.79 Å². The molecule has 140 valence electrons. The third kappa shape index (κ3) is 5.87. The molecule has 0 atom stereocenters. The average molecular weight is 429 g/mol. The Hall–Kier alpha value is -2.78. The molecule has 6 heteroatoms. The molecular weight excluding hydrogens is 408 g/mol.